The summed E-state index contributed by atoms with van der Waals surface area (Å²) in [4.78, 5) is 2.41. The van der Waals surface area contributed by atoms with Gasteiger partial charge in [-0.25, -0.2) is 0 Å². The fourth-order valence-electron chi connectivity index (χ4n) is 3.43. The summed E-state index contributed by atoms with van der Waals surface area (Å²) in [5.41, 5.74) is 7.11. The van der Waals surface area contributed by atoms with Gasteiger partial charge in [-0.05, 0) is 32.0 Å². The first kappa shape index (κ1) is 16.6. The van der Waals surface area contributed by atoms with Crippen LogP contribution in [0.25, 0.3) is 0 Å². The van der Waals surface area contributed by atoms with Crippen molar-refractivity contribution in [1.82, 2.24) is 4.90 Å². The van der Waals surface area contributed by atoms with Gasteiger partial charge in [-0.2, -0.15) is 0 Å². The molecule has 1 atom stereocenters. The smallest absolute Gasteiger partial charge is 0.125 e. The number of ether oxygens (including phenoxy) is 1. The van der Waals surface area contributed by atoms with Crippen molar-refractivity contribution >= 4 is 11.6 Å². The van der Waals surface area contributed by atoms with E-state index in [0.717, 1.165) is 16.3 Å². The van der Waals surface area contributed by atoms with E-state index in [-0.39, 0.29) is 6.04 Å². The molecule has 1 saturated carbocycles. The van der Waals surface area contributed by atoms with E-state index in [1.54, 1.807) is 7.11 Å². The Labute approximate surface area is 133 Å². The van der Waals surface area contributed by atoms with Crippen molar-refractivity contribution in [3.63, 3.8) is 0 Å². The molecule has 0 aliphatic heterocycles. The molecule has 2 rings (SSSR count). The van der Waals surface area contributed by atoms with Gasteiger partial charge in [0, 0.05) is 23.2 Å². The minimum absolute atomic E-state index is 0.108. The first-order valence-corrected chi connectivity index (χ1v) is 8.31. The van der Waals surface area contributed by atoms with Crippen molar-refractivity contribution < 1.29 is 4.74 Å². The minimum Gasteiger partial charge on any atom is -0.496 e. The standard InChI is InChI=1S/C17H27ClN2O/c1-20(13-8-5-3-4-6-9-13)15(12-19)17-14(18)10-7-11-16(17)21-2/h7,10-11,13,15H,3-6,8-9,12,19H2,1-2H3. The van der Waals surface area contributed by atoms with E-state index in [2.05, 4.69) is 11.9 Å². The average molecular weight is 311 g/mol. The van der Waals surface area contributed by atoms with E-state index in [9.17, 15) is 0 Å². The molecular formula is C17H27ClN2O. The maximum atomic E-state index is 6.43. The van der Waals surface area contributed by atoms with Crippen molar-refractivity contribution in [2.45, 2.75) is 50.6 Å². The highest BCUT2D eigenvalue weighted by Gasteiger charge is 2.27. The van der Waals surface area contributed by atoms with Crippen molar-refractivity contribution in [3.05, 3.63) is 28.8 Å². The number of likely N-dealkylation sites (N-methyl/N-ethyl adjacent to an activating group) is 1. The Kier molecular flexibility index (Phi) is 6.34. The lowest BCUT2D eigenvalue weighted by Gasteiger charge is -2.35. The van der Waals surface area contributed by atoms with Gasteiger partial charge in [0.05, 0.1) is 13.2 Å². The summed E-state index contributed by atoms with van der Waals surface area (Å²) in [6.07, 6.45) is 7.83. The lowest BCUT2D eigenvalue weighted by Crippen LogP contribution is -2.38. The summed E-state index contributed by atoms with van der Waals surface area (Å²) in [6, 6.07) is 6.50. The van der Waals surface area contributed by atoms with Crippen LogP contribution < -0.4 is 10.5 Å². The number of methoxy groups -OCH3 is 1. The molecule has 21 heavy (non-hydrogen) atoms. The zero-order valence-corrected chi connectivity index (χ0v) is 13.9. The second-order valence-corrected chi connectivity index (χ2v) is 6.33. The van der Waals surface area contributed by atoms with Crippen LogP contribution in [0.3, 0.4) is 0 Å². The quantitative estimate of drug-likeness (QED) is 0.835. The highest BCUT2D eigenvalue weighted by Crippen LogP contribution is 2.36. The number of rotatable bonds is 5. The Bertz CT molecular complexity index is 444. The van der Waals surface area contributed by atoms with E-state index < -0.39 is 0 Å². The number of nitrogens with two attached hydrogens (primary N) is 1. The van der Waals surface area contributed by atoms with Crippen LogP contribution >= 0.6 is 11.6 Å². The summed E-state index contributed by atoms with van der Waals surface area (Å²) >= 11 is 6.43. The summed E-state index contributed by atoms with van der Waals surface area (Å²) in [7, 11) is 3.87. The second-order valence-electron chi connectivity index (χ2n) is 5.92. The van der Waals surface area contributed by atoms with Crippen LogP contribution in [-0.2, 0) is 0 Å². The molecule has 118 valence electrons. The highest BCUT2D eigenvalue weighted by molar-refractivity contribution is 6.31. The Morgan fingerprint density at radius 3 is 2.52 bits per heavy atom. The topological polar surface area (TPSA) is 38.5 Å². The normalized spacial score (nSPS) is 18.5. The van der Waals surface area contributed by atoms with Crippen molar-refractivity contribution in [2.24, 2.45) is 5.73 Å². The molecule has 1 aliphatic rings. The minimum atomic E-state index is 0.108. The fraction of sp³-hybridized carbons (Fsp3) is 0.647. The molecule has 0 saturated heterocycles. The molecule has 1 unspecified atom stereocenters. The lowest BCUT2D eigenvalue weighted by atomic mass is 9.99. The molecule has 3 nitrogen and oxygen atoms in total. The molecule has 2 N–H and O–H groups in total. The predicted molar refractivity (Wildman–Crippen MR) is 89.1 cm³/mol. The van der Waals surface area contributed by atoms with Crippen molar-refractivity contribution in [1.29, 1.82) is 0 Å². The second kappa shape index (κ2) is 8.02. The molecule has 0 radical (unpaired) electrons. The summed E-state index contributed by atoms with van der Waals surface area (Å²) in [5, 5.41) is 0.741. The first-order chi connectivity index (χ1) is 10.2. The van der Waals surface area contributed by atoms with Crippen LogP contribution in [0.2, 0.25) is 5.02 Å². The van der Waals surface area contributed by atoms with E-state index >= 15 is 0 Å². The monoisotopic (exact) mass is 310 g/mol. The highest BCUT2D eigenvalue weighted by atomic mass is 35.5. The number of halogens is 1. The average Bonchev–Trinajstić information content (AvgIpc) is 2.78. The third kappa shape index (κ3) is 3.91. The molecule has 1 fully saturated rings. The predicted octanol–water partition coefficient (Wildman–Crippen LogP) is 4.00. The van der Waals surface area contributed by atoms with E-state index in [1.165, 1.54) is 38.5 Å². The van der Waals surface area contributed by atoms with Gasteiger partial charge >= 0.3 is 0 Å². The molecule has 4 heteroatoms. The van der Waals surface area contributed by atoms with Gasteiger partial charge in [0.15, 0.2) is 0 Å². The molecule has 1 aliphatic carbocycles. The van der Waals surface area contributed by atoms with Gasteiger partial charge in [-0.1, -0.05) is 43.4 Å². The number of hydrogen-bond donors (Lipinski definition) is 1. The number of benzene rings is 1. The Hall–Kier alpha value is -0.770. The molecule has 0 amide bonds. The molecule has 1 aromatic carbocycles. The van der Waals surface area contributed by atoms with Crippen LogP contribution in [-0.4, -0.2) is 31.6 Å². The molecular weight excluding hydrogens is 284 g/mol. The Balaban J connectivity index is 2.26. The van der Waals surface area contributed by atoms with Crippen LogP contribution in [0.4, 0.5) is 0 Å². The maximum Gasteiger partial charge on any atom is 0.125 e. The zero-order valence-electron chi connectivity index (χ0n) is 13.1. The Morgan fingerprint density at radius 2 is 1.95 bits per heavy atom. The van der Waals surface area contributed by atoms with Crippen molar-refractivity contribution in [2.75, 3.05) is 20.7 Å². The molecule has 1 aromatic rings. The van der Waals surface area contributed by atoms with Crippen LogP contribution in [0.15, 0.2) is 18.2 Å². The summed E-state index contributed by atoms with van der Waals surface area (Å²) in [5.74, 6) is 0.832. The van der Waals surface area contributed by atoms with Gasteiger partial charge in [0.1, 0.15) is 5.75 Å². The van der Waals surface area contributed by atoms with E-state index in [4.69, 9.17) is 22.1 Å². The summed E-state index contributed by atoms with van der Waals surface area (Å²) < 4.78 is 5.50. The summed E-state index contributed by atoms with van der Waals surface area (Å²) in [6.45, 7) is 0.549. The third-order valence-electron chi connectivity index (χ3n) is 4.68. The van der Waals surface area contributed by atoms with Gasteiger partial charge in [-0.3, -0.25) is 4.90 Å². The molecule has 0 aromatic heterocycles. The fourth-order valence-corrected chi connectivity index (χ4v) is 3.72. The zero-order chi connectivity index (χ0) is 15.2. The van der Waals surface area contributed by atoms with Gasteiger partial charge in [-0.15, -0.1) is 0 Å². The lowest BCUT2D eigenvalue weighted by molar-refractivity contribution is 0.159. The van der Waals surface area contributed by atoms with E-state index in [0.29, 0.717) is 12.6 Å². The van der Waals surface area contributed by atoms with Crippen LogP contribution in [0.1, 0.15) is 50.1 Å². The number of nitrogens with zero attached hydrogens (tertiary/aromatic N) is 1. The third-order valence-corrected chi connectivity index (χ3v) is 5.01. The van der Waals surface area contributed by atoms with Crippen LogP contribution in [0.5, 0.6) is 5.75 Å². The van der Waals surface area contributed by atoms with Crippen LogP contribution in [0, 0.1) is 0 Å². The molecule has 0 spiro atoms. The van der Waals surface area contributed by atoms with Gasteiger partial charge < -0.3 is 10.5 Å². The first-order valence-electron chi connectivity index (χ1n) is 7.93. The van der Waals surface area contributed by atoms with Gasteiger partial charge in [0.2, 0.25) is 0 Å². The maximum absolute atomic E-state index is 6.43. The SMILES string of the molecule is COc1cccc(Cl)c1C(CN)N(C)C1CCCCCC1. The number of hydrogen-bond acceptors (Lipinski definition) is 3. The molecule has 0 heterocycles. The Morgan fingerprint density at radius 1 is 1.29 bits per heavy atom. The largest absolute Gasteiger partial charge is 0.496 e. The van der Waals surface area contributed by atoms with E-state index in [1.807, 2.05) is 18.2 Å². The van der Waals surface area contributed by atoms with Gasteiger partial charge in [0.25, 0.3) is 0 Å². The molecule has 0 bridgehead atoms. The van der Waals surface area contributed by atoms with Crippen molar-refractivity contribution in [3.8, 4) is 5.75 Å².